The first-order valence-corrected chi connectivity index (χ1v) is 7.66. The maximum atomic E-state index is 6.40. The zero-order valence-electron chi connectivity index (χ0n) is 13.7. The van der Waals surface area contributed by atoms with Gasteiger partial charge < -0.3 is 5.32 Å². The van der Waals surface area contributed by atoms with Crippen molar-refractivity contribution in [2.24, 2.45) is 7.05 Å². The van der Waals surface area contributed by atoms with Gasteiger partial charge >= 0.3 is 0 Å². The van der Waals surface area contributed by atoms with Gasteiger partial charge in [0.2, 0.25) is 0 Å². The van der Waals surface area contributed by atoms with E-state index >= 15 is 0 Å². The molecule has 0 saturated heterocycles. The van der Waals surface area contributed by atoms with Crippen molar-refractivity contribution >= 4 is 11.6 Å². The first-order chi connectivity index (χ1) is 9.85. The van der Waals surface area contributed by atoms with Gasteiger partial charge in [-0.25, -0.2) is 0 Å². The number of aryl methyl sites for hydroxylation is 5. The molecule has 4 heteroatoms. The van der Waals surface area contributed by atoms with Crippen LogP contribution in [0.4, 0.5) is 0 Å². The maximum Gasteiger partial charge on any atom is 0.0847 e. The molecule has 1 N–H and O–H groups in total. The fourth-order valence-corrected chi connectivity index (χ4v) is 3.42. The second kappa shape index (κ2) is 6.20. The van der Waals surface area contributed by atoms with Crippen LogP contribution in [0.15, 0.2) is 12.1 Å². The van der Waals surface area contributed by atoms with Crippen LogP contribution in [0.25, 0.3) is 0 Å². The van der Waals surface area contributed by atoms with Gasteiger partial charge in [0.1, 0.15) is 0 Å². The summed E-state index contributed by atoms with van der Waals surface area (Å²) < 4.78 is 1.89. The summed E-state index contributed by atoms with van der Waals surface area (Å²) in [6, 6.07) is 4.71. The predicted octanol–water partition coefficient (Wildman–Crippen LogP) is 3.81. The van der Waals surface area contributed by atoms with Gasteiger partial charge in [0, 0.05) is 19.5 Å². The second-order valence-electron chi connectivity index (χ2n) is 5.83. The number of hydrogen-bond acceptors (Lipinski definition) is 2. The lowest BCUT2D eigenvalue weighted by Gasteiger charge is -2.22. The molecule has 0 aliphatic carbocycles. The van der Waals surface area contributed by atoms with E-state index in [2.05, 4.69) is 43.3 Å². The van der Waals surface area contributed by atoms with Gasteiger partial charge in [-0.15, -0.1) is 0 Å². The molecular formula is C17H24ClN3. The molecule has 1 aromatic carbocycles. The van der Waals surface area contributed by atoms with Crippen molar-refractivity contribution in [3.05, 3.63) is 50.8 Å². The molecule has 0 aliphatic rings. The third kappa shape index (κ3) is 3.14. The Labute approximate surface area is 132 Å². The van der Waals surface area contributed by atoms with Gasteiger partial charge in [-0.2, -0.15) is 5.10 Å². The molecule has 114 valence electrons. The third-order valence-electron chi connectivity index (χ3n) is 4.09. The average molecular weight is 306 g/mol. The molecule has 0 aliphatic heterocycles. The van der Waals surface area contributed by atoms with Gasteiger partial charge in [0.05, 0.1) is 16.4 Å². The highest BCUT2D eigenvalue weighted by Crippen LogP contribution is 2.29. The number of benzene rings is 1. The molecule has 0 bridgehead atoms. The van der Waals surface area contributed by atoms with Crippen molar-refractivity contribution in [2.45, 2.75) is 40.2 Å². The Morgan fingerprint density at radius 1 is 1.19 bits per heavy atom. The van der Waals surface area contributed by atoms with E-state index in [1.54, 1.807) is 0 Å². The summed E-state index contributed by atoms with van der Waals surface area (Å²) in [6.45, 7) is 8.44. The van der Waals surface area contributed by atoms with Crippen LogP contribution in [-0.2, 0) is 13.5 Å². The van der Waals surface area contributed by atoms with Crippen LogP contribution in [-0.4, -0.2) is 16.8 Å². The smallest absolute Gasteiger partial charge is 0.0847 e. The molecule has 1 heterocycles. The summed E-state index contributed by atoms with van der Waals surface area (Å²) in [7, 11) is 3.95. The molecule has 2 rings (SSSR count). The zero-order chi connectivity index (χ0) is 15.7. The minimum atomic E-state index is 0.234. The van der Waals surface area contributed by atoms with Gasteiger partial charge in [0.15, 0.2) is 0 Å². The highest BCUT2D eigenvalue weighted by atomic mass is 35.5. The van der Waals surface area contributed by atoms with E-state index in [1.807, 2.05) is 25.7 Å². The number of halogens is 1. The molecule has 2 aromatic rings. The first kappa shape index (κ1) is 16.1. The van der Waals surface area contributed by atoms with Crippen LogP contribution in [0.5, 0.6) is 0 Å². The Kier molecular flexibility index (Phi) is 4.74. The van der Waals surface area contributed by atoms with E-state index in [9.17, 15) is 0 Å². The Hall–Kier alpha value is -1.32. The van der Waals surface area contributed by atoms with E-state index in [1.165, 1.54) is 22.3 Å². The number of aromatic nitrogens is 2. The van der Waals surface area contributed by atoms with E-state index in [-0.39, 0.29) is 6.04 Å². The van der Waals surface area contributed by atoms with Crippen molar-refractivity contribution in [1.82, 2.24) is 15.1 Å². The van der Waals surface area contributed by atoms with Crippen molar-refractivity contribution in [2.75, 3.05) is 7.05 Å². The Balaban J connectivity index is 2.41. The average Bonchev–Trinajstić information content (AvgIpc) is 2.62. The Bertz CT molecular complexity index is 635. The summed E-state index contributed by atoms with van der Waals surface area (Å²) in [6.07, 6.45) is 0.831. The highest BCUT2D eigenvalue weighted by Gasteiger charge is 2.20. The maximum absolute atomic E-state index is 6.40. The number of likely N-dealkylation sites (N-methyl/N-ethyl adjacent to an activating group) is 1. The van der Waals surface area contributed by atoms with Crippen molar-refractivity contribution < 1.29 is 0 Å². The van der Waals surface area contributed by atoms with Crippen LogP contribution in [0.1, 0.15) is 39.7 Å². The number of hydrogen-bond donors (Lipinski definition) is 1. The summed E-state index contributed by atoms with van der Waals surface area (Å²) in [5.74, 6) is 0. The molecule has 0 fully saturated rings. The van der Waals surface area contributed by atoms with Crippen LogP contribution >= 0.6 is 11.6 Å². The van der Waals surface area contributed by atoms with Crippen molar-refractivity contribution in [1.29, 1.82) is 0 Å². The zero-order valence-corrected chi connectivity index (χ0v) is 14.5. The second-order valence-corrected chi connectivity index (χ2v) is 6.21. The SMILES string of the molecule is CNC(Cc1c(Cl)c(C)nn1C)c1c(C)cc(C)cc1C. The van der Waals surface area contributed by atoms with Crippen LogP contribution in [0, 0.1) is 27.7 Å². The van der Waals surface area contributed by atoms with E-state index in [0.717, 1.165) is 22.8 Å². The van der Waals surface area contributed by atoms with E-state index in [0.29, 0.717) is 0 Å². The molecule has 21 heavy (non-hydrogen) atoms. The lowest BCUT2D eigenvalue weighted by Crippen LogP contribution is -2.22. The molecule has 1 unspecified atom stereocenters. The van der Waals surface area contributed by atoms with E-state index in [4.69, 9.17) is 11.6 Å². The number of nitrogens with zero attached hydrogens (tertiary/aromatic N) is 2. The fourth-order valence-electron chi connectivity index (χ4n) is 3.18. The summed E-state index contributed by atoms with van der Waals surface area (Å²) in [5.41, 5.74) is 7.27. The number of nitrogens with one attached hydrogen (secondary N) is 1. The van der Waals surface area contributed by atoms with Crippen molar-refractivity contribution in [3.63, 3.8) is 0 Å². The molecular weight excluding hydrogens is 282 g/mol. The monoisotopic (exact) mass is 305 g/mol. The number of rotatable bonds is 4. The van der Waals surface area contributed by atoms with E-state index < -0.39 is 0 Å². The molecule has 0 radical (unpaired) electrons. The van der Waals surface area contributed by atoms with Gasteiger partial charge in [-0.3, -0.25) is 4.68 Å². The van der Waals surface area contributed by atoms with Crippen LogP contribution < -0.4 is 5.32 Å². The minimum absolute atomic E-state index is 0.234. The normalized spacial score (nSPS) is 12.7. The molecule has 1 atom stereocenters. The standard InChI is InChI=1S/C17H24ClN3/c1-10-7-11(2)16(12(3)8-10)14(19-5)9-15-17(18)13(4)20-21(15)6/h7-8,14,19H,9H2,1-6H3. The summed E-state index contributed by atoms with van der Waals surface area (Å²) in [5, 5.41) is 8.62. The topological polar surface area (TPSA) is 29.9 Å². The molecule has 0 amide bonds. The van der Waals surface area contributed by atoms with Gasteiger partial charge in [-0.05, 0) is 51.4 Å². The van der Waals surface area contributed by atoms with Crippen molar-refractivity contribution in [3.8, 4) is 0 Å². The van der Waals surface area contributed by atoms with Gasteiger partial charge in [0.25, 0.3) is 0 Å². The van der Waals surface area contributed by atoms with Crippen LogP contribution in [0.2, 0.25) is 5.02 Å². The summed E-state index contributed by atoms with van der Waals surface area (Å²) >= 11 is 6.40. The quantitative estimate of drug-likeness (QED) is 0.931. The lowest BCUT2D eigenvalue weighted by atomic mass is 9.91. The largest absolute Gasteiger partial charge is 0.313 e. The fraction of sp³-hybridized carbons (Fsp3) is 0.471. The molecule has 0 spiro atoms. The Morgan fingerprint density at radius 2 is 1.76 bits per heavy atom. The molecule has 0 saturated carbocycles. The summed E-state index contributed by atoms with van der Waals surface area (Å²) in [4.78, 5) is 0. The highest BCUT2D eigenvalue weighted by molar-refractivity contribution is 6.31. The first-order valence-electron chi connectivity index (χ1n) is 7.28. The third-order valence-corrected chi connectivity index (χ3v) is 4.59. The Morgan fingerprint density at radius 3 is 2.19 bits per heavy atom. The van der Waals surface area contributed by atoms with Gasteiger partial charge in [-0.1, -0.05) is 29.3 Å². The predicted molar refractivity (Wildman–Crippen MR) is 89.1 cm³/mol. The minimum Gasteiger partial charge on any atom is -0.313 e. The lowest BCUT2D eigenvalue weighted by molar-refractivity contribution is 0.556. The van der Waals surface area contributed by atoms with Crippen LogP contribution in [0.3, 0.4) is 0 Å². The molecule has 1 aromatic heterocycles. The molecule has 3 nitrogen and oxygen atoms in total.